The van der Waals surface area contributed by atoms with Gasteiger partial charge in [0.1, 0.15) is 0 Å². The van der Waals surface area contributed by atoms with Gasteiger partial charge in [0, 0.05) is 0 Å². The molecule has 0 saturated heterocycles. The fourth-order valence-corrected chi connectivity index (χ4v) is 0.396. The molecule has 0 aliphatic heterocycles. The highest BCUT2D eigenvalue weighted by Gasteiger charge is 2.15. The van der Waals surface area contributed by atoms with Crippen LogP contribution in [0.25, 0.3) is 5.53 Å². The topological polar surface area (TPSA) is 120 Å². The fraction of sp³-hybridized carbons (Fsp3) is 0. The van der Waals surface area contributed by atoms with Crippen LogP contribution >= 0.6 is 0 Å². The van der Waals surface area contributed by atoms with Gasteiger partial charge in [-0.2, -0.15) is 4.79 Å². The van der Waals surface area contributed by atoms with Crippen molar-refractivity contribution < 1.29 is 18.3 Å². The van der Waals surface area contributed by atoms with Gasteiger partial charge in [0.2, 0.25) is 0 Å². The lowest BCUT2D eigenvalue weighted by atomic mass is 10.7. The Balaban J connectivity index is 4.59. The summed E-state index contributed by atoms with van der Waals surface area (Å²) in [4.78, 5) is 12.0. The summed E-state index contributed by atoms with van der Waals surface area (Å²) in [5, 5.41) is -1.07. The van der Waals surface area contributed by atoms with E-state index in [0.29, 0.717) is 0 Å². The van der Waals surface area contributed by atoms with Crippen LogP contribution in [0.5, 0.6) is 0 Å². The van der Waals surface area contributed by atoms with Gasteiger partial charge in [0.15, 0.2) is 0 Å². The number of primary amides is 1. The first kappa shape index (κ1) is 7.96. The second kappa shape index (κ2) is 3.08. The molecular weight excluding hydrogens is 146 g/mol. The third-order valence-electron chi connectivity index (χ3n) is 0.459. The molecule has 0 spiro atoms. The minimum atomic E-state index is -2.86. The average molecular weight is 148 g/mol. The molecule has 1 unspecified atom stereocenters. The highest BCUT2D eigenvalue weighted by molar-refractivity contribution is 7.97. The number of carbonyl (C=O) groups is 1. The number of carbonyl (C=O) groups excluding carboxylic acids is 1. The first-order valence-corrected chi connectivity index (χ1v) is 2.78. The lowest BCUT2D eigenvalue weighted by molar-refractivity contribution is -0.115. The van der Waals surface area contributed by atoms with Crippen molar-refractivity contribution >= 4 is 22.0 Å². The Labute approximate surface area is 52.6 Å². The molecule has 0 heterocycles. The molecule has 0 radical (unpaired) electrons. The quantitative estimate of drug-likeness (QED) is 0.140. The van der Waals surface area contributed by atoms with Crippen molar-refractivity contribution in [3.63, 3.8) is 0 Å². The second-order valence-electron chi connectivity index (χ2n) is 1.00. The van der Waals surface area contributed by atoms with E-state index in [1.165, 1.54) is 0 Å². The summed E-state index contributed by atoms with van der Waals surface area (Å²) in [6.45, 7) is 0. The Morgan fingerprint density at radius 1 is 1.78 bits per heavy atom. The smallest absolute Gasteiger partial charge is 0.429 e. The van der Waals surface area contributed by atoms with Crippen LogP contribution in [-0.4, -0.2) is 24.5 Å². The van der Waals surface area contributed by atoms with E-state index >= 15 is 0 Å². The Kier molecular flexibility index (Phi) is 2.72. The van der Waals surface area contributed by atoms with E-state index in [0.717, 1.165) is 0 Å². The Morgan fingerprint density at radius 3 is 2.22 bits per heavy atom. The molecular formula is C2H2N3O3S-. The van der Waals surface area contributed by atoms with Crippen molar-refractivity contribution in [1.82, 2.24) is 0 Å². The molecule has 6 nitrogen and oxygen atoms in total. The summed E-state index contributed by atoms with van der Waals surface area (Å²) in [5.74, 6) is -1.29. The van der Waals surface area contributed by atoms with E-state index < -0.39 is 22.0 Å². The van der Waals surface area contributed by atoms with Crippen LogP contribution in [0.2, 0.25) is 0 Å². The van der Waals surface area contributed by atoms with Crippen molar-refractivity contribution in [3.8, 4) is 0 Å². The Bertz CT molecular complexity index is 189. The Hall–Kier alpha value is -1.04. The molecule has 0 bridgehead atoms. The molecule has 0 aromatic heterocycles. The van der Waals surface area contributed by atoms with Gasteiger partial charge < -0.3 is 15.8 Å². The van der Waals surface area contributed by atoms with Crippen molar-refractivity contribution in [1.29, 1.82) is 0 Å². The van der Waals surface area contributed by atoms with Gasteiger partial charge in [-0.15, -0.1) is 0 Å². The number of hydrogen-bond acceptors (Lipinski definition) is 3. The molecule has 0 aromatic rings. The van der Waals surface area contributed by atoms with Crippen LogP contribution < -0.4 is 5.73 Å². The molecule has 7 heteroatoms. The van der Waals surface area contributed by atoms with Crippen molar-refractivity contribution in [2.24, 2.45) is 5.73 Å². The van der Waals surface area contributed by atoms with Gasteiger partial charge in [-0.1, -0.05) is 0 Å². The second-order valence-corrected chi connectivity index (χ2v) is 1.86. The maximum atomic E-state index is 9.91. The molecule has 50 valence electrons. The van der Waals surface area contributed by atoms with Crippen LogP contribution in [0, 0.1) is 0 Å². The van der Waals surface area contributed by atoms with Gasteiger partial charge in [-0.3, -0.25) is 9.00 Å². The monoisotopic (exact) mass is 148 g/mol. The predicted octanol–water partition coefficient (Wildman–Crippen LogP) is -2.02. The highest BCUT2D eigenvalue weighted by atomic mass is 32.2. The van der Waals surface area contributed by atoms with E-state index in [4.69, 9.17) is 5.53 Å². The minimum absolute atomic E-state index is 1.07. The van der Waals surface area contributed by atoms with E-state index in [1.807, 2.05) is 0 Å². The normalized spacial score (nSPS) is 11.7. The van der Waals surface area contributed by atoms with Gasteiger partial charge in [0.25, 0.3) is 0 Å². The van der Waals surface area contributed by atoms with Crippen molar-refractivity contribution in [2.75, 3.05) is 0 Å². The van der Waals surface area contributed by atoms with Crippen molar-refractivity contribution in [2.45, 2.75) is 0 Å². The van der Waals surface area contributed by atoms with E-state index in [9.17, 15) is 13.6 Å². The van der Waals surface area contributed by atoms with E-state index in [-0.39, 0.29) is 0 Å². The first-order valence-electron chi connectivity index (χ1n) is 1.70. The predicted molar refractivity (Wildman–Crippen MR) is 26.7 cm³/mol. The third-order valence-corrected chi connectivity index (χ3v) is 1.06. The molecule has 1 amide bonds. The number of rotatable bonds is 0. The minimum Gasteiger partial charge on any atom is -0.763 e. The maximum Gasteiger partial charge on any atom is 0.429 e. The summed E-state index contributed by atoms with van der Waals surface area (Å²) in [7, 11) is 0. The number of amides is 1. The zero-order chi connectivity index (χ0) is 7.44. The van der Waals surface area contributed by atoms with E-state index in [2.05, 4.69) is 10.5 Å². The van der Waals surface area contributed by atoms with Crippen LogP contribution in [-0.2, 0) is 15.9 Å². The molecule has 0 aliphatic rings. The first-order chi connectivity index (χ1) is 4.09. The molecule has 0 aromatic carbocycles. The number of nitrogens with two attached hydrogens (primary N) is 1. The van der Waals surface area contributed by atoms with Gasteiger partial charge >= 0.3 is 11.0 Å². The van der Waals surface area contributed by atoms with Crippen LogP contribution in [0.3, 0.4) is 0 Å². The zero-order valence-electron chi connectivity index (χ0n) is 4.10. The summed E-state index contributed by atoms with van der Waals surface area (Å²) >= 11 is -2.86. The summed E-state index contributed by atoms with van der Waals surface area (Å²) < 4.78 is 19.6. The largest absolute Gasteiger partial charge is 0.763 e. The SMILES string of the molecule is [N-]=[N+]=C(C(N)=O)S(=O)[O-]. The summed E-state index contributed by atoms with van der Waals surface area (Å²) in [6, 6.07) is 0. The third kappa shape index (κ3) is 2.13. The molecule has 0 saturated carbocycles. The van der Waals surface area contributed by atoms with Crippen LogP contribution in [0.4, 0.5) is 0 Å². The van der Waals surface area contributed by atoms with Gasteiger partial charge in [-0.25, -0.2) is 0 Å². The van der Waals surface area contributed by atoms with Crippen LogP contribution in [0.1, 0.15) is 0 Å². The molecule has 0 fully saturated rings. The van der Waals surface area contributed by atoms with Gasteiger partial charge in [0.05, 0.1) is 11.1 Å². The molecule has 0 aliphatic carbocycles. The maximum absolute atomic E-state index is 9.91. The van der Waals surface area contributed by atoms with Crippen molar-refractivity contribution in [3.05, 3.63) is 5.53 Å². The number of nitrogens with zero attached hydrogens (tertiary/aromatic N) is 2. The highest BCUT2D eigenvalue weighted by Crippen LogP contribution is 1.73. The number of hydrogen-bond donors (Lipinski definition) is 1. The summed E-state index contributed by atoms with van der Waals surface area (Å²) in [5.41, 5.74) is 12.2. The summed E-state index contributed by atoms with van der Waals surface area (Å²) in [6.07, 6.45) is 0. The molecule has 0 rings (SSSR count). The zero-order valence-corrected chi connectivity index (χ0v) is 4.92. The molecule has 9 heavy (non-hydrogen) atoms. The van der Waals surface area contributed by atoms with Gasteiger partial charge in [-0.05, 0) is 0 Å². The lowest BCUT2D eigenvalue weighted by Gasteiger charge is -1.91. The van der Waals surface area contributed by atoms with E-state index in [1.54, 1.807) is 0 Å². The fourth-order valence-electron chi connectivity index (χ4n) is 0.165. The Morgan fingerprint density at radius 2 is 2.22 bits per heavy atom. The van der Waals surface area contributed by atoms with Crippen LogP contribution in [0.15, 0.2) is 0 Å². The molecule has 2 N–H and O–H groups in total. The molecule has 1 atom stereocenters. The standard InChI is InChI=1S/C2H3N3O3S/c3-1(6)2(5-4)9(7)8/h(H2,3,6)(H,7,8)/p-1. The lowest BCUT2D eigenvalue weighted by Crippen LogP contribution is -2.27. The average Bonchev–Trinajstić information content (AvgIpc) is 1.64.